The van der Waals surface area contributed by atoms with E-state index in [9.17, 15) is 24.3 Å². The molecular weight excluding hydrogens is 795 g/mol. The van der Waals surface area contributed by atoms with Crippen molar-refractivity contribution in [3.8, 4) is 5.75 Å². The lowest BCUT2D eigenvalue weighted by molar-refractivity contribution is -0.145. The Labute approximate surface area is 368 Å². The largest absolute Gasteiger partial charge is 0.494 e. The molecule has 1 aliphatic rings. The molecule has 1 aromatic heterocycles. The molecular formula is C46H73N7O7S. The molecule has 7 atom stereocenters. The molecule has 2 N–H and O–H groups in total. The van der Waals surface area contributed by atoms with Crippen LogP contribution in [0.25, 0.3) is 10.4 Å². The fourth-order valence-electron chi connectivity index (χ4n) is 8.07. The zero-order chi connectivity index (χ0) is 44.9. The van der Waals surface area contributed by atoms with Crippen molar-refractivity contribution in [3.05, 3.63) is 56.4 Å². The number of Topliss-reactive ketones (excluding diaryl/α,β-unsaturated/α-hetero) is 1. The predicted octanol–water partition coefficient (Wildman–Crippen LogP) is 9.29. The monoisotopic (exact) mass is 868 g/mol. The summed E-state index contributed by atoms with van der Waals surface area (Å²) in [6, 6.07) is 6.71. The summed E-state index contributed by atoms with van der Waals surface area (Å²) in [7, 11) is 2.01. The van der Waals surface area contributed by atoms with Crippen LogP contribution in [0.2, 0.25) is 0 Å². The number of ketones is 1. The van der Waals surface area contributed by atoms with Gasteiger partial charge < -0.3 is 24.8 Å². The highest BCUT2D eigenvalue weighted by atomic mass is 32.1. The zero-order valence-corrected chi connectivity index (χ0v) is 38.8. The van der Waals surface area contributed by atoms with Gasteiger partial charge in [0.15, 0.2) is 5.78 Å². The van der Waals surface area contributed by atoms with E-state index in [2.05, 4.69) is 54.9 Å². The number of nitrogens with zero attached hydrogens (tertiary/aromatic N) is 6. The number of benzene rings is 1. The highest BCUT2D eigenvalue weighted by molar-refractivity contribution is 7.09. The van der Waals surface area contributed by atoms with E-state index in [0.717, 1.165) is 63.5 Å². The molecule has 14 nitrogen and oxygen atoms in total. The topological polar surface area (TPSA) is 187 Å². The van der Waals surface area contributed by atoms with Gasteiger partial charge in [-0.05, 0) is 100 Å². The SMILES string of the molecule is CCCO[C@H](C[C@H](C(C)C)N(CCC)C(=O)[C@@H](CC(=O)[C@H]1CCCCN1C)[C@@H](C)CC)c1nc(C(=O)N[C@@H](Cc2ccc(OCCCCN=[N+]=[N-])cc2)C[C@H](C)C(=O)O)cs1. The summed E-state index contributed by atoms with van der Waals surface area (Å²) in [6.07, 6.45) is 7.67. The average molecular weight is 868 g/mol. The minimum atomic E-state index is -0.940. The Morgan fingerprint density at radius 3 is 2.41 bits per heavy atom. The third kappa shape index (κ3) is 16.6. The van der Waals surface area contributed by atoms with E-state index in [4.69, 9.17) is 20.0 Å². The molecule has 2 amide bonds. The van der Waals surface area contributed by atoms with Crippen molar-refractivity contribution in [2.45, 2.75) is 150 Å². The van der Waals surface area contributed by atoms with Crippen LogP contribution in [0.4, 0.5) is 0 Å². The van der Waals surface area contributed by atoms with Gasteiger partial charge in [-0.1, -0.05) is 78.6 Å². The molecule has 0 unspecified atom stereocenters. The van der Waals surface area contributed by atoms with Crippen LogP contribution in [0.15, 0.2) is 34.8 Å². The number of ether oxygens (including phenoxy) is 2. The minimum Gasteiger partial charge on any atom is -0.494 e. The number of nitrogens with one attached hydrogen (secondary N) is 1. The van der Waals surface area contributed by atoms with Gasteiger partial charge >= 0.3 is 5.97 Å². The van der Waals surface area contributed by atoms with E-state index < -0.39 is 35.9 Å². The van der Waals surface area contributed by atoms with Crippen molar-refractivity contribution in [1.82, 2.24) is 20.1 Å². The van der Waals surface area contributed by atoms with E-state index in [1.807, 2.05) is 43.1 Å². The van der Waals surface area contributed by atoms with Gasteiger partial charge in [0, 0.05) is 60.8 Å². The summed E-state index contributed by atoms with van der Waals surface area (Å²) in [5.41, 5.74) is 9.57. The van der Waals surface area contributed by atoms with Crippen LogP contribution in [-0.2, 0) is 25.5 Å². The number of carboxylic acid groups (broad SMARTS) is 1. The number of carboxylic acids is 1. The Balaban J connectivity index is 1.81. The third-order valence-electron chi connectivity index (χ3n) is 11.9. The molecule has 0 saturated carbocycles. The molecule has 2 heterocycles. The van der Waals surface area contributed by atoms with Crippen LogP contribution in [0.1, 0.15) is 146 Å². The number of thiazole rings is 1. The zero-order valence-electron chi connectivity index (χ0n) is 38.0. The standard InChI is InChI=1S/C46H73N7O7S/c1-9-22-53(45(56)37(32(6)11-3)28-41(54)39-16-12-14-23-52(39)8)40(31(4)5)29-42(60-24-10-2)44-50-38(30-61-44)43(55)49-35(26-33(7)46(57)58)27-34-17-19-36(20-18-34)59-25-15-13-21-48-51-47/h17-20,30-33,35,37,39-40,42H,9-16,21-29H2,1-8H3,(H,49,55)(H,57,58)/t32-,33-,35+,37-,39+,40+,42+/m0/s1. The Morgan fingerprint density at radius 2 is 1.79 bits per heavy atom. The Morgan fingerprint density at radius 1 is 1.05 bits per heavy atom. The van der Waals surface area contributed by atoms with Crippen molar-refractivity contribution < 1.29 is 33.8 Å². The normalized spacial score (nSPS) is 17.4. The van der Waals surface area contributed by atoms with Crippen molar-refractivity contribution in [2.24, 2.45) is 28.8 Å². The molecule has 1 aromatic carbocycles. The predicted molar refractivity (Wildman–Crippen MR) is 241 cm³/mol. The molecule has 15 heteroatoms. The molecule has 3 rings (SSSR count). The first-order valence-corrected chi connectivity index (χ1v) is 23.5. The highest BCUT2D eigenvalue weighted by Crippen LogP contribution is 2.34. The number of likely N-dealkylation sites (tertiary alicyclic amines) is 1. The minimum absolute atomic E-state index is 0.0258. The molecule has 0 spiro atoms. The molecule has 1 saturated heterocycles. The molecule has 0 aliphatic carbocycles. The van der Waals surface area contributed by atoms with Crippen molar-refractivity contribution >= 4 is 34.9 Å². The van der Waals surface area contributed by atoms with E-state index in [-0.39, 0.29) is 54.1 Å². The van der Waals surface area contributed by atoms with Gasteiger partial charge in [0.1, 0.15) is 22.6 Å². The number of rotatable bonds is 29. The first-order valence-electron chi connectivity index (χ1n) is 22.6. The number of unbranched alkanes of at least 4 members (excludes halogenated alkanes) is 1. The van der Waals surface area contributed by atoms with Crippen LogP contribution in [-0.4, -0.2) is 101 Å². The van der Waals surface area contributed by atoms with E-state index in [1.165, 1.54) is 11.3 Å². The smallest absolute Gasteiger partial charge is 0.306 e. The number of hydrogen-bond donors (Lipinski definition) is 2. The van der Waals surface area contributed by atoms with Gasteiger partial charge in [-0.2, -0.15) is 0 Å². The summed E-state index contributed by atoms with van der Waals surface area (Å²) in [5.74, 6) is -1.45. The lowest BCUT2D eigenvalue weighted by Crippen LogP contribution is -2.50. The maximum Gasteiger partial charge on any atom is 0.306 e. The number of aliphatic carboxylic acids is 1. The summed E-state index contributed by atoms with van der Waals surface area (Å²) in [4.78, 5) is 66.0. The summed E-state index contributed by atoms with van der Waals surface area (Å²) >= 11 is 1.35. The summed E-state index contributed by atoms with van der Waals surface area (Å²) < 4.78 is 12.3. The molecule has 2 aromatic rings. The van der Waals surface area contributed by atoms with E-state index in [0.29, 0.717) is 49.9 Å². The first kappa shape index (κ1) is 51.3. The van der Waals surface area contributed by atoms with E-state index >= 15 is 0 Å². The second-order valence-corrected chi connectivity index (χ2v) is 18.1. The van der Waals surface area contributed by atoms with Crippen LogP contribution >= 0.6 is 11.3 Å². The van der Waals surface area contributed by atoms with Crippen LogP contribution in [0.3, 0.4) is 0 Å². The Bertz CT molecular complexity index is 1700. The fraction of sp³-hybridized carbons (Fsp3) is 0.717. The number of likely N-dealkylation sites (N-methyl/N-ethyl adjacent to an activating group) is 1. The van der Waals surface area contributed by atoms with Crippen molar-refractivity contribution in [1.29, 1.82) is 0 Å². The molecule has 340 valence electrons. The fourth-order valence-corrected chi connectivity index (χ4v) is 8.93. The molecule has 61 heavy (non-hydrogen) atoms. The number of carbonyl (C=O) groups is 4. The lowest BCUT2D eigenvalue weighted by Gasteiger charge is -2.40. The maximum absolute atomic E-state index is 14.8. The van der Waals surface area contributed by atoms with E-state index in [1.54, 1.807) is 12.3 Å². The third-order valence-corrected chi connectivity index (χ3v) is 12.9. The van der Waals surface area contributed by atoms with Gasteiger partial charge in [0.2, 0.25) is 5.91 Å². The average Bonchev–Trinajstić information content (AvgIpc) is 3.74. The Kier molecular flexibility index (Phi) is 22.8. The van der Waals surface area contributed by atoms with Crippen molar-refractivity contribution in [3.63, 3.8) is 0 Å². The van der Waals surface area contributed by atoms with Crippen molar-refractivity contribution in [2.75, 3.05) is 39.9 Å². The van der Waals surface area contributed by atoms with Gasteiger partial charge in [-0.25, -0.2) is 4.98 Å². The number of piperidine rings is 1. The molecule has 1 aliphatic heterocycles. The molecule has 1 fully saturated rings. The number of carbonyl (C=O) groups excluding carboxylic acids is 3. The maximum atomic E-state index is 14.8. The number of aromatic nitrogens is 1. The molecule has 0 bridgehead atoms. The van der Waals surface area contributed by atoms with Gasteiger partial charge in [0.25, 0.3) is 5.91 Å². The number of hydrogen-bond acceptors (Lipinski definition) is 10. The van der Waals surface area contributed by atoms with Gasteiger partial charge in [-0.15, -0.1) is 11.3 Å². The second kappa shape index (κ2) is 27.1. The lowest BCUT2D eigenvalue weighted by atomic mass is 9.82. The molecule has 0 radical (unpaired) electrons. The quantitative estimate of drug-likeness (QED) is 0.0348. The summed E-state index contributed by atoms with van der Waals surface area (Å²) in [6.45, 7) is 17.0. The van der Waals surface area contributed by atoms with Crippen LogP contribution in [0.5, 0.6) is 5.75 Å². The van der Waals surface area contributed by atoms with Crippen LogP contribution in [0, 0.1) is 23.7 Å². The van der Waals surface area contributed by atoms with Gasteiger partial charge in [0.05, 0.1) is 18.6 Å². The first-order chi connectivity index (χ1) is 29.2. The van der Waals surface area contributed by atoms with Crippen LogP contribution < -0.4 is 10.1 Å². The Hall–Kier alpha value is -4.04. The highest BCUT2D eigenvalue weighted by Gasteiger charge is 2.38. The number of amides is 2. The van der Waals surface area contributed by atoms with Gasteiger partial charge in [-0.3, -0.25) is 24.1 Å². The summed E-state index contributed by atoms with van der Waals surface area (Å²) in [5, 5.41) is 18.7. The number of azide groups is 1. The second-order valence-electron chi connectivity index (χ2n) is 17.2.